The van der Waals surface area contributed by atoms with Crippen molar-refractivity contribution in [1.29, 1.82) is 0 Å². The zero-order valence-electron chi connectivity index (χ0n) is 10.2. The molecule has 0 aromatic heterocycles. The van der Waals surface area contributed by atoms with Crippen molar-refractivity contribution >= 4 is 0 Å². The lowest BCUT2D eigenvalue weighted by atomic mass is 9.97. The van der Waals surface area contributed by atoms with Gasteiger partial charge in [0, 0.05) is 19.1 Å². The van der Waals surface area contributed by atoms with E-state index in [0.717, 1.165) is 31.9 Å². The molecule has 0 aliphatic carbocycles. The van der Waals surface area contributed by atoms with Gasteiger partial charge in [0.1, 0.15) is 0 Å². The van der Waals surface area contributed by atoms with Crippen LogP contribution in [0.15, 0.2) is 35.2 Å². The van der Waals surface area contributed by atoms with Crippen LogP contribution < -0.4 is 11.1 Å². The second-order valence-corrected chi connectivity index (χ2v) is 4.69. The van der Waals surface area contributed by atoms with E-state index in [1.54, 1.807) is 0 Å². The Morgan fingerprint density at radius 2 is 2.12 bits per heavy atom. The van der Waals surface area contributed by atoms with Gasteiger partial charge in [-0.1, -0.05) is 12.2 Å². The summed E-state index contributed by atoms with van der Waals surface area (Å²) >= 11 is 0. The molecule has 0 atom stereocenters. The Morgan fingerprint density at radius 3 is 2.75 bits per heavy atom. The molecule has 3 N–H and O–H groups in total. The van der Waals surface area contributed by atoms with E-state index >= 15 is 0 Å². The molecule has 0 amide bonds. The molecule has 0 aromatic carbocycles. The van der Waals surface area contributed by atoms with Crippen LogP contribution >= 0.6 is 0 Å². The van der Waals surface area contributed by atoms with E-state index in [1.807, 2.05) is 6.08 Å². The summed E-state index contributed by atoms with van der Waals surface area (Å²) in [4.78, 5) is 2.25. The van der Waals surface area contributed by atoms with E-state index in [9.17, 15) is 0 Å². The summed E-state index contributed by atoms with van der Waals surface area (Å²) in [6.07, 6.45) is 7.63. The molecule has 2 heterocycles. The Labute approximate surface area is 97.7 Å². The van der Waals surface area contributed by atoms with E-state index in [4.69, 9.17) is 5.73 Å². The van der Waals surface area contributed by atoms with Crippen LogP contribution in [0.5, 0.6) is 0 Å². The molecule has 0 unspecified atom stereocenters. The maximum atomic E-state index is 5.98. The fraction of sp³-hybridized carbons (Fsp3) is 0.538. The third-order valence-corrected chi connectivity index (χ3v) is 3.23. The first-order valence-corrected chi connectivity index (χ1v) is 6.01. The van der Waals surface area contributed by atoms with Gasteiger partial charge in [-0.3, -0.25) is 0 Å². The predicted octanol–water partition coefficient (Wildman–Crippen LogP) is 1.36. The SMILES string of the molecule is CC(C)N1CC(C2=CCNCC2)=CC=C1N. The zero-order chi connectivity index (χ0) is 11.5. The lowest BCUT2D eigenvalue weighted by molar-refractivity contribution is 0.299. The van der Waals surface area contributed by atoms with Gasteiger partial charge >= 0.3 is 0 Å². The molecule has 2 aliphatic heterocycles. The molecule has 2 aliphatic rings. The number of nitrogens with zero attached hydrogens (tertiary/aromatic N) is 1. The molecule has 0 saturated heterocycles. The van der Waals surface area contributed by atoms with E-state index in [1.165, 1.54) is 11.1 Å². The van der Waals surface area contributed by atoms with Crippen LogP contribution in [0, 0.1) is 0 Å². The number of nitrogens with two attached hydrogens (primary N) is 1. The van der Waals surface area contributed by atoms with Crippen molar-refractivity contribution in [2.45, 2.75) is 26.3 Å². The van der Waals surface area contributed by atoms with Crippen LogP contribution in [0.1, 0.15) is 20.3 Å². The van der Waals surface area contributed by atoms with Crippen LogP contribution in [-0.4, -0.2) is 30.6 Å². The fourth-order valence-electron chi connectivity index (χ4n) is 2.21. The number of hydrogen-bond acceptors (Lipinski definition) is 3. The van der Waals surface area contributed by atoms with Gasteiger partial charge in [0.2, 0.25) is 0 Å². The third-order valence-electron chi connectivity index (χ3n) is 3.23. The van der Waals surface area contributed by atoms with Gasteiger partial charge in [-0.2, -0.15) is 0 Å². The summed E-state index contributed by atoms with van der Waals surface area (Å²) in [7, 11) is 0. The third kappa shape index (κ3) is 2.30. The van der Waals surface area contributed by atoms with E-state index in [0.29, 0.717) is 6.04 Å². The largest absolute Gasteiger partial charge is 0.385 e. The smallest absolute Gasteiger partial charge is 0.0991 e. The summed E-state index contributed by atoms with van der Waals surface area (Å²) < 4.78 is 0. The Kier molecular flexibility index (Phi) is 3.34. The van der Waals surface area contributed by atoms with E-state index < -0.39 is 0 Å². The van der Waals surface area contributed by atoms with Crippen LogP contribution in [0.25, 0.3) is 0 Å². The standard InChI is InChI=1S/C13H21N3/c1-10(2)16-9-12(3-4-13(16)14)11-5-7-15-8-6-11/h3-5,10,15H,6-9,14H2,1-2H3. The first kappa shape index (κ1) is 11.3. The molecular weight excluding hydrogens is 198 g/mol. The minimum atomic E-state index is 0.460. The highest BCUT2D eigenvalue weighted by atomic mass is 15.2. The highest BCUT2D eigenvalue weighted by Crippen LogP contribution is 2.23. The number of hydrogen-bond donors (Lipinski definition) is 2. The maximum absolute atomic E-state index is 5.98. The van der Waals surface area contributed by atoms with Crippen molar-refractivity contribution in [2.75, 3.05) is 19.6 Å². The van der Waals surface area contributed by atoms with Gasteiger partial charge < -0.3 is 16.0 Å². The Balaban J connectivity index is 2.15. The van der Waals surface area contributed by atoms with Crippen molar-refractivity contribution in [1.82, 2.24) is 10.2 Å². The molecule has 0 spiro atoms. The molecule has 2 rings (SSSR count). The molecule has 3 heteroatoms. The van der Waals surface area contributed by atoms with Crippen LogP contribution in [0.4, 0.5) is 0 Å². The molecule has 88 valence electrons. The topological polar surface area (TPSA) is 41.3 Å². The maximum Gasteiger partial charge on any atom is 0.0991 e. The van der Waals surface area contributed by atoms with Crippen molar-refractivity contribution in [3.63, 3.8) is 0 Å². The van der Waals surface area contributed by atoms with Gasteiger partial charge in [0.25, 0.3) is 0 Å². The first-order valence-electron chi connectivity index (χ1n) is 6.01. The van der Waals surface area contributed by atoms with Gasteiger partial charge in [-0.05, 0) is 44.0 Å². The van der Waals surface area contributed by atoms with Gasteiger partial charge in [0.05, 0.1) is 5.82 Å². The summed E-state index contributed by atoms with van der Waals surface area (Å²) in [5.74, 6) is 0.883. The van der Waals surface area contributed by atoms with Crippen LogP contribution in [0.2, 0.25) is 0 Å². The van der Waals surface area contributed by atoms with Crippen molar-refractivity contribution < 1.29 is 0 Å². The lowest BCUT2D eigenvalue weighted by Gasteiger charge is -2.33. The molecule has 0 bridgehead atoms. The lowest BCUT2D eigenvalue weighted by Crippen LogP contribution is -2.37. The van der Waals surface area contributed by atoms with E-state index in [2.05, 4.69) is 36.2 Å². The number of rotatable bonds is 2. The monoisotopic (exact) mass is 219 g/mol. The molecule has 3 nitrogen and oxygen atoms in total. The Hall–Kier alpha value is -1.22. The quantitative estimate of drug-likeness (QED) is 0.737. The predicted molar refractivity (Wildman–Crippen MR) is 67.8 cm³/mol. The fourth-order valence-corrected chi connectivity index (χ4v) is 2.21. The first-order chi connectivity index (χ1) is 7.68. The molecule has 0 aromatic rings. The molecule has 0 radical (unpaired) electrons. The minimum Gasteiger partial charge on any atom is -0.385 e. The second kappa shape index (κ2) is 4.74. The van der Waals surface area contributed by atoms with Crippen LogP contribution in [0.3, 0.4) is 0 Å². The molecule has 0 fully saturated rings. The summed E-state index contributed by atoms with van der Waals surface area (Å²) in [6, 6.07) is 0.460. The normalized spacial score (nSPS) is 21.7. The molecule has 16 heavy (non-hydrogen) atoms. The van der Waals surface area contributed by atoms with Gasteiger partial charge in [0.15, 0.2) is 0 Å². The number of nitrogens with one attached hydrogen (secondary N) is 1. The highest BCUT2D eigenvalue weighted by Gasteiger charge is 2.18. The zero-order valence-corrected chi connectivity index (χ0v) is 10.2. The minimum absolute atomic E-state index is 0.460. The van der Waals surface area contributed by atoms with Gasteiger partial charge in [-0.15, -0.1) is 0 Å². The average molecular weight is 219 g/mol. The molecular formula is C13H21N3. The van der Waals surface area contributed by atoms with Crippen molar-refractivity contribution in [3.05, 3.63) is 35.2 Å². The Bertz CT molecular complexity index is 350. The Morgan fingerprint density at radius 1 is 1.31 bits per heavy atom. The van der Waals surface area contributed by atoms with Crippen LogP contribution in [-0.2, 0) is 0 Å². The number of allylic oxidation sites excluding steroid dienone is 2. The van der Waals surface area contributed by atoms with Crippen molar-refractivity contribution in [2.24, 2.45) is 5.73 Å². The second-order valence-electron chi connectivity index (χ2n) is 4.69. The summed E-state index contributed by atoms with van der Waals surface area (Å²) in [5.41, 5.74) is 8.88. The molecule has 0 saturated carbocycles. The van der Waals surface area contributed by atoms with E-state index in [-0.39, 0.29) is 0 Å². The van der Waals surface area contributed by atoms with Crippen molar-refractivity contribution in [3.8, 4) is 0 Å². The average Bonchev–Trinajstić information content (AvgIpc) is 2.30. The summed E-state index contributed by atoms with van der Waals surface area (Å²) in [5, 5.41) is 3.34. The highest BCUT2D eigenvalue weighted by molar-refractivity contribution is 5.39. The van der Waals surface area contributed by atoms with Gasteiger partial charge in [-0.25, -0.2) is 0 Å². The summed E-state index contributed by atoms with van der Waals surface area (Å²) in [6.45, 7) is 7.39.